The topological polar surface area (TPSA) is 84.5 Å². The summed E-state index contributed by atoms with van der Waals surface area (Å²) in [6.45, 7) is 4.97. The molecule has 8 heteroatoms. The Labute approximate surface area is 173 Å². The Morgan fingerprint density at radius 3 is 2.79 bits per heavy atom. The van der Waals surface area contributed by atoms with Crippen LogP contribution in [0.1, 0.15) is 69.2 Å². The minimum absolute atomic E-state index is 0.0257. The molecule has 1 saturated heterocycles. The summed E-state index contributed by atoms with van der Waals surface area (Å²) in [5.41, 5.74) is 0.280. The van der Waals surface area contributed by atoms with Gasteiger partial charge in [0.25, 0.3) is 5.91 Å². The standard InChI is InChI=1S/C20H31ClN2O4S/c1-3-4-5-6-8-15(2)23-20(24)16-10-11-18(21)19(13-16)28(25,26)22-14-17-9-7-12-27-17/h10-11,13,15,17,22H,3-9,12,14H2,1-2H3,(H,23,24). The van der Waals surface area contributed by atoms with E-state index in [-0.39, 0.29) is 40.1 Å². The Morgan fingerprint density at radius 1 is 1.32 bits per heavy atom. The van der Waals surface area contributed by atoms with Crippen LogP contribution < -0.4 is 10.0 Å². The normalized spacial score (nSPS) is 18.2. The minimum atomic E-state index is -3.83. The molecule has 1 heterocycles. The SMILES string of the molecule is CCCCCCC(C)NC(=O)c1ccc(Cl)c(S(=O)(=O)NCC2CCCO2)c1. The highest BCUT2D eigenvalue weighted by atomic mass is 35.5. The molecule has 1 aromatic rings. The van der Waals surface area contributed by atoms with Crippen molar-refractivity contribution in [2.75, 3.05) is 13.2 Å². The summed E-state index contributed by atoms with van der Waals surface area (Å²) < 4.78 is 33.2. The van der Waals surface area contributed by atoms with Gasteiger partial charge in [-0.2, -0.15) is 0 Å². The molecule has 2 rings (SSSR count). The predicted molar refractivity (Wildman–Crippen MR) is 111 cm³/mol. The zero-order valence-electron chi connectivity index (χ0n) is 16.7. The van der Waals surface area contributed by atoms with Gasteiger partial charge in [-0.25, -0.2) is 13.1 Å². The third-order valence-electron chi connectivity index (χ3n) is 4.88. The Bertz CT molecular complexity index is 749. The average molecular weight is 431 g/mol. The highest BCUT2D eigenvalue weighted by molar-refractivity contribution is 7.89. The summed E-state index contributed by atoms with van der Waals surface area (Å²) in [6.07, 6.45) is 7.11. The van der Waals surface area contributed by atoms with Gasteiger partial charge in [0.1, 0.15) is 4.90 Å². The minimum Gasteiger partial charge on any atom is -0.377 e. The number of carbonyl (C=O) groups is 1. The van der Waals surface area contributed by atoms with Crippen LogP contribution in [0.2, 0.25) is 5.02 Å². The zero-order chi connectivity index (χ0) is 20.6. The van der Waals surface area contributed by atoms with Gasteiger partial charge in [-0.3, -0.25) is 4.79 Å². The van der Waals surface area contributed by atoms with E-state index in [0.717, 1.165) is 32.1 Å². The van der Waals surface area contributed by atoms with Crippen molar-refractivity contribution >= 4 is 27.5 Å². The van der Waals surface area contributed by atoms with E-state index in [1.807, 2.05) is 6.92 Å². The maximum atomic E-state index is 12.6. The number of unbranched alkanes of at least 4 members (excludes halogenated alkanes) is 3. The van der Waals surface area contributed by atoms with Crippen LogP contribution in [0, 0.1) is 0 Å². The van der Waals surface area contributed by atoms with Gasteiger partial charge >= 0.3 is 0 Å². The molecule has 0 spiro atoms. The third kappa shape index (κ3) is 7.03. The second kappa shape index (κ2) is 11.1. The van der Waals surface area contributed by atoms with Crippen molar-refractivity contribution in [1.29, 1.82) is 0 Å². The number of ether oxygens (including phenoxy) is 1. The van der Waals surface area contributed by atoms with Crippen molar-refractivity contribution in [3.8, 4) is 0 Å². The fourth-order valence-corrected chi connectivity index (χ4v) is 4.78. The quantitative estimate of drug-likeness (QED) is 0.521. The number of benzene rings is 1. The summed E-state index contributed by atoms with van der Waals surface area (Å²) in [5, 5.41) is 3.02. The van der Waals surface area contributed by atoms with Crippen molar-refractivity contribution < 1.29 is 17.9 Å². The Hall–Kier alpha value is -1.15. The smallest absolute Gasteiger partial charge is 0.251 e. The number of carbonyl (C=O) groups excluding carboxylic acids is 1. The maximum Gasteiger partial charge on any atom is 0.251 e. The van der Waals surface area contributed by atoms with Gasteiger partial charge in [-0.1, -0.05) is 44.2 Å². The van der Waals surface area contributed by atoms with Crippen LogP contribution in [0.3, 0.4) is 0 Å². The Morgan fingerprint density at radius 2 is 2.11 bits per heavy atom. The highest BCUT2D eigenvalue weighted by Crippen LogP contribution is 2.23. The van der Waals surface area contributed by atoms with Crippen molar-refractivity contribution in [3.05, 3.63) is 28.8 Å². The van der Waals surface area contributed by atoms with Gasteiger partial charge in [0.2, 0.25) is 10.0 Å². The molecular formula is C20H31ClN2O4S. The number of rotatable bonds is 11. The second-order valence-electron chi connectivity index (χ2n) is 7.36. The first-order valence-corrected chi connectivity index (χ1v) is 11.9. The van der Waals surface area contributed by atoms with Crippen LogP contribution in [0.25, 0.3) is 0 Å². The van der Waals surface area contributed by atoms with E-state index in [9.17, 15) is 13.2 Å². The van der Waals surface area contributed by atoms with E-state index in [4.69, 9.17) is 16.3 Å². The lowest BCUT2D eigenvalue weighted by Gasteiger charge is -2.15. The summed E-state index contributed by atoms with van der Waals surface area (Å²) >= 11 is 6.10. The van der Waals surface area contributed by atoms with E-state index in [0.29, 0.717) is 6.61 Å². The van der Waals surface area contributed by atoms with Crippen LogP contribution in [0.5, 0.6) is 0 Å². The fourth-order valence-electron chi connectivity index (χ4n) is 3.19. The third-order valence-corrected chi connectivity index (χ3v) is 6.78. The highest BCUT2D eigenvalue weighted by Gasteiger charge is 2.23. The van der Waals surface area contributed by atoms with Crippen LogP contribution in [-0.2, 0) is 14.8 Å². The van der Waals surface area contributed by atoms with Crippen molar-refractivity contribution in [1.82, 2.24) is 10.0 Å². The maximum absolute atomic E-state index is 12.6. The first-order chi connectivity index (χ1) is 13.3. The molecule has 6 nitrogen and oxygen atoms in total. The van der Waals surface area contributed by atoms with E-state index < -0.39 is 10.0 Å². The van der Waals surface area contributed by atoms with Gasteiger partial charge in [0.15, 0.2) is 0 Å². The van der Waals surface area contributed by atoms with Crippen molar-refractivity contribution in [2.24, 2.45) is 0 Å². The number of amides is 1. The number of nitrogens with one attached hydrogen (secondary N) is 2. The molecule has 2 atom stereocenters. The van der Waals surface area contributed by atoms with Crippen LogP contribution in [0.15, 0.2) is 23.1 Å². The van der Waals surface area contributed by atoms with Gasteiger partial charge in [0.05, 0.1) is 11.1 Å². The van der Waals surface area contributed by atoms with Crippen LogP contribution in [-0.4, -0.2) is 39.6 Å². The van der Waals surface area contributed by atoms with E-state index in [1.165, 1.54) is 25.0 Å². The van der Waals surface area contributed by atoms with Gasteiger partial charge in [-0.15, -0.1) is 0 Å². The Balaban J connectivity index is 1.99. The largest absolute Gasteiger partial charge is 0.377 e. The molecule has 0 radical (unpaired) electrons. The molecule has 1 fully saturated rings. The molecule has 0 saturated carbocycles. The molecule has 1 aromatic carbocycles. The lowest BCUT2D eigenvalue weighted by molar-refractivity contribution is 0.0937. The van der Waals surface area contributed by atoms with Gasteiger partial charge in [0, 0.05) is 24.8 Å². The fraction of sp³-hybridized carbons (Fsp3) is 0.650. The number of halogens is 1. The van der Waals surface area contributed by atoms with E-state index in [2.05, 4.69) is 17.0 Å². The zero-order valence-corrected chi connectivity index (χ0v) is 18.2. The summed E-state index contributed by atoms with van der Waals surface area (Å²) in [4.78, 5) is 12.4. The van der Waals surface area contributed by atoms with E-state index in [1.54, 1.807) is 6.07 Å². The van der Waals surface area contributed by atoms with Crippen LogP contribution in [0.4, 0.5) is 0 Å². The molecule has 0 bridgehead atoms. The summed E-state index contributed by atoms with van der Waals surface area (Å²) in [7, 11) is -3.83. The van der Waals surface area contributed by atoms with E-state index >= 15 is 0 Å². The predicted octanol–water partition coefficient (Wildman–Crippen LogP) is 3.89. The lowest BCUT2D eigenvalue weighted by Crippen LogP contribution is -2.33. The monoisotopic (exact) mass is 430 g/mol. The molecule has 1 amide bonds. The average Bonchev–Trinajstić information content (AvgIpc) is 3.17. The molecular weight excluding hydrogens is 400 g/mol. The number of hydrogen-bond acceptors (Lipinski definition) is 4. The molecule has 2 unspecified atom stereocenters. The summed E-state index contributed by atoms with van der Waals surface area (Å²) in [5.74, 6) is -0.296. The molecule has 0 aliphatic carbocycles. The van der Waals surface area contributed by atoms with Gasteiger partial charge in [-0.05, 0) is 44.4 Å². The molecule has 0 aromatic heterocycles. The number of sulfonamides is 1. The summed E-state index contributed by atoms with van der Waals surface area (Å²) in [6, 6.07) is 4.35. The van der Waals surface area contributed by atoms with Crippen molar-refractivity contribution in [2.45, 2.75) is 75.8 Å². The number of hydrogen-bond donors (Lipinski definition) is 2. The van der Waals surface area contributed by atoms with Crippen molar-refractivity contribution in [3.63, 3.8) is 0 Å². The molecule has 1 aliphatic rings. The molecule has 1 aliphatic heterocycles. The lowest BCUT2D eigenvalue weighted by atomic mass is 10.1. The molecule has 158 valence electrons. The molecule has 2 N–H and O–H groups in total. The first-order valence-electron chi connectivity index (χ1n) is 10.0. The first kappa shape index (κ1) is 23.1. The second-order valence-corrected chi connectivity index (χ2v) is 9.50. The van der Waals surface area contributed by atoms with Crippen LogP contribution >= 0.6 is 11.6 Å². The Kier molecular flexibility index (Phi) is 9.21. The molecule has 28 heavy (non-hydrogen) atoms. The van der Waals surface area contributed by atoms with Gasteiger partial charge < -0.3 is 10.1 Å².